The smallest absolute Gasteiger partial charge is 0.201 e. The molecular weight excluding hydrogens is 1020 g/mol. The third kappa shape index (κ3) is 7.65. The maximum Gasteiger partial charge on any atom is 0.201 e. The number of rotatable bonds is 10. The second-order valence-corrected chi connectivity index (χ2v) is 18.4. The van der Waals surface area contributed by atoms with Gasteiger partial charge in [0.2, 0.25) is 9.87 Å². The molecule has 8 rings (SSSR count). The number of nitrogens with one attached hydrogen (secondary N) is 4. The van der Waals surface area contributed by atoms with Gasteiger partial charge in [-0.3, -0.25) is 24.2 Å². The summed E-state index contributed by atoms with van der Waals surface area (Å²) in [5.74, 6) is -9.62. The molecule has 0 unspecified atom stereocenters. The molecule has 342 valence electrons. The van der Waals surface area contributed by atoms with Gasteiger partial charge < -0.3 is 51.0 Å². The molecule has 4 aliphatic rings. The number of nitrogens with zero attached hydrogens (tertiary/aromatic N) is 4. The molecule has 0 saturated carbocycles. The molecule has 0 spiro atoms. The van der Waals surface area contributed by atoms with Gasteiger partial charge in [-0.2, -0.15) is 0 Å². The Kier molecular flexibility index (Phi) is 12.9. The molecule has 2 fully saturated rings. The van der Waals surface area contributed by atoms with Crippen molar-refractivity contribution in [1.82, 2.24) is 41.9 Å². The number of benzene rings is 2. The van der Waals surface area contributed by atoms with Crippen molar-refractivity contribution in [2.45, 2.75) is 58.6 Å². The molecule has 0 aliphatic carbocycles. The SMILES string of the molecule is O=S([C@@]1(c2cncc(Br)c2)O[C@H](CO)[C@H](O)[C@H](N2C=C(c3cc(F)c(F)c(F)c3)NN2)[C@H]1O)[C@@]1(c2cncc(Br)c2)O[C@H](CO)[C@H](O)[C@H](N2C=C(c3cc(F)c(F)c(F)c3)NN2)[C@H]1O. The van der Waals surface area contributed by atoms with Crippen molar-refractivity contribution in [3.05, 3.63) is 140 Å². The fourth-order valence-electron chi connectivity index (χ4n) is 8.04. The highest BCUT2D eigenvalue weighted by Crippen LogP contribution is 2.53. The summed E-state index contributed by atoms with van der Waals surface area (Å²) in [6, 6.07) is 1.77. The van der Waals surface area contributed by atoms with Gasteiger partial charge in [0.25, 0.3) is 0 Å². The topological polar surface area (TPSA) is 237 Å². The molecular formula is C38H34Br2F6N8O9S. The standard InChI is InChI=1S/C38H34Br2F6N8O9S/c39-19-5-17(7-47-9-19)37(35(59)31(33(57)27(13-55)62-37)53-11-25(49-51-53)15-1-21(41)29(45)22(42)2-15)64(61)38(18-6-20(40)10-48-8-18)36(60)32(34(58)28(14-56)63-38)54-12-26(50-52-54)16-3-23(43)30(46)24(44)4-16/h1-12,27-28,31-36,49-52,55-60H,13-14H2/t27-,28-,31+,32+,33+,34+,35-,36-,37-,38-/m1/s1. The van der Waals surface area contributed by atoms with Crippen molar-refractivity contribution in [1.29, 1.82) is 0 Å². The average molecular weight is 1050 g/mol. The van der Waals surface area contributed by atoms with Crippen molar-refractivity contribution < 1.29 is 70.7 Å². The van der Waals surface area contributed by atoms with E-state index in [0.717, 1.165) is 34.8 Å². The van der Waals surface area contributed by atoms with Crippen LogP contribution in [0.15, 0.2) is 82.5 Å². The van der Waals surface area contributed by atoms with E-state index in [9.17, 15) is 57.0 Å². The van der Waals surface area contributed by atoms with E-state index in [1.807, 2.05) is 0 Å². The zero-order valence-electron chi connectivity index (χ0n) is 32.1. The van der Waals surface area contributed by atoms with Gasteiger partial charge in [-0.25, -0.2) is 26.3 Å². The lowest BCUT2D eigenvalue weighted by molar-refractivity contribution is -0.249. The van der Waals surface area contributed by atoms with Crippen LogP contribution in [-0.4, -0.2) is 117 Å². The minimum Gasteiger partial charge on any atom is -0.394 e. The van der Waals surface area contributed by atoms with E-state index < -0.39 is 117 Å². The van der Waals surface area contributed by atoms with E-state index in [1.54, 1.807) is 0 Å². The largest absolute Gasteiger partial charge is 0.394 e. The van der Waals surface area contributed by atoms with Crippen LogP contribution in [0.5, 0.6) is 0 Å². The predicted octanol–water partition coefficient (Wildman–Crippen LogP) is 1.20. The van der Waals surface area contributed by atoms with Crippen molar-refractivity contribution >= 4 is 54.1 Å². The molecule has 0 radical (unpaired) electrons. The van der Waals surface area contributed by atoms with E-state index in [-0.39, 0.29) is 42.6 Å². The van der Waals surface area contributed by atoms with Gasteiger partial charge >= 0.3 is 0 Å². The molecule has 2 saturated heterocycles. The fourth-order valence-corrected chi connectivity index (χ4v) is 11.0. The van der Waals surface area contributed by atoms with E-state index in [2.05, 4.69) is 63.7 Å². The quantitative estimate of drug-likeness (QED) is 0.0794. The van der Waals surface area contributed by atoms with Crippen LogP contribution in [0, 0.1) is 34.9 Å². The summed E-state index contributed by atoms with van der Waals surface area (Å²) in [4.78, 5) is 2.73. The van der Waals surface area contributed by atoms with Gasteiger partial charge in [-0.15, -0.1) is 11.1 Å². The van der Waals surface area contributed by atoms with Gasteiger partial charge in [-0.05, 0) is 68.3 Å². The Morgan fingerprint density at radius 1 is 0.625 bits per heavy atom. The minimum atomic E-state index is -3.20. The molecule has 10 atom stereocenters. The second-order valence-electron chi connectivity index (χ2n) is 14.8. The Labute approximate surface area is 376 Å². The van der Waals surface area contributed by atoms with Crippen molar-refractivity contribution in [2.24, 2.45) is 0 Å². The number of hydrogen-bond donors (Lipinski definition) is 10. The fraction of sp³-hybridized carbons (Fsp3) is 0.316. The Balaban J connectivity index is 1.31. The highest BCUT2D eigenvalue weighted by Gasteiger charge is 2.70. The van der Waals surface area contributed by atoms with E-state index in [0.29, 0.717) is 24.3 Å². The third-order valence-electron chi connectivity index (χ3n) is 11.1. The zero-order chi connectivity index (χ0) is 46.0. The summed E-state index contributed by atoms with van der Waals surface area (Å²) in [6.07, 6.45) is -4.80. The Morgan fingerprint density at radius 2 is 0.984 bits per heavy atom. The number of halogens is 8. The Hall–Kier alpha value is -4.29. The van der Waals surface area contributed by atoms with Gasteiger partial charge in [-0.1, -0.05) is 0 Å². The molecule has 0 amide bonds. The third-order valence-corrected chi connectivity index (χ3v) is 14.2. The lowest BCUT2D eigenvalue weighted by Crippen LogP contribution is -2.75. The van der Waals surface area contributed by atoms with Crippen LogP contribution < -0.4 is 21.9 Å². The van der Waals surface area contributed by atoms with Crippen LogP contribution >= 0.6 is 31.9 Å². The first-order valence-electron chi connectivity index (χ1n) is 18.7. The van der Waals surface area contributed by atoms with Crippen LogP contribution in [0.4, 0.5) is 26.3 Å². The van der Waals surface area contributed by atoms with Crippen LogP contribution in [-0.2, 0) is 30.1 Å². The minimum absolute atomic E-state index is 0.115. The van der Waals surface area contributed by atoms with Crippen LogP contribution in [0.3, 0.4) is 0 Å². The van der Waals surface area contributed by atoms with E-state index in [4.69, 9.17) is 9.47 Å². The highest BCUT2D eigenvalue weighted by atomic mass is 79.9. The monoisotopic (exact) mass is 1050 g/mol. The van der Waals surface area contributed by atoms with Crippen LogP contribution in [0.1, 0.15) is 22.3 Å². The molecule has 64 heavy (non-hydrogen) atoms. The van der Waals surface area contributed by atoms with Gasteiger partial charge in [0.15, 0.2) is 34.9 Å². The molecule has 2 aromatic carbocycles. The van der Waals surface area contributed by atoms with Crippen molar-refractivity contribution in [2.75, 3.05) is 13.2 Å². The first-order chi connectivity index (χ1) is 30.5. The van der Waals surface area contributed by atoms with E-state index >= 15 is 4.21 Å². The van der Waals surface area contributed by atoms with Crippen LogP contribution in [0.25, 0.3) is 11.4 Å². The molecule has 0 bridgehead atoms. The molecule has 10 N–H and O–H groups in total. The zero-order valence-corrected chi connectivity index (χ0v) is 36.1. The highest BCUT2D eigenvalue weighted by molar-refractivity contribution is 9.10. The summed E-state index contributed by atoms with van der Waals surface area (Å²) in [5, 5.41) is 72.7. The molecule has 2 aromatic heterocycles. The van der Waals surface area contributed by atoms with Gasteiger partial charge in [0, 0.05) is 68.4 Å². The molecule has 6 heterocycles. The first-order valence-corrected chi connectivity index (χ1v) is 21.5. The summed E-state index contributed by atoms with van der Waals surface area (Å²) in [5.41, 5.74) is 9.29. The van der Waals surface area contributed by atoms with E-state index in [1.165, 1.54) is 24.5 Å². The number of hydrazine groups is 4. The average Bonchev–Trinajstić information content (AvgIpc) is 3.96. The Morgan fingerprint density at radius 3 is 1.31 bits per heavy atom. The summed E-state index contributed by atoms with van der Waals surface area (Å²) < 4.78 is 115. The number of aromatic nitrogens is 2. The van der Waals surface area contributed by atoms with Gasteiger partial charge in [0.1, 0.15) is 59.5 Å². The van der Waals surface area contributed by atoms with Crippen LogP contribution in [0.2, 0.25) is 0 Å². The van der Waals surface area contributed by atoms with Gasteiger partial charge in [0.05, 0.1) is 24.6 Å². The summed E-state index contributed by atoms with van der Waals surface area (Å²) in [7, 11) is -3.20. The summed E-state index contributed by atoms with van der Waals surface area (Å²) in [6.45, 7) is -2.04. The first kappa shape index (κ1) is 46.2. The molecule has 4 aromatic rings. The van der Waals surface area contributed by atoms with Crippen molar-refractivity contribution in [3.63, 3.8) is 0 Å². The number of aliphatic hydroxyl groups is 6. The number of ether oxygens (including phenoxy) is 2. The lowest BCUT2D eigenvalue weighted by Gasteiger charge is -2.57. The molecule has 4 aliphatic heterocycles. The summed E-state index contributed by atoms with van der Waals surface area (Å²) >= 11 is 6.62. The second kappa shape index (κ2) is 17.8. The maximum absolute atomic E-state index is 16.4. The maximum atomic E-state index is 16.4. The number of pyridine rings is 2. The predicted molar refractivity (Wildman–Crippen MR) is 216 cm³/mol. The lowest BCUT2D eigenvalue weighted by atomic mass is 9.88. The number of hydrogen-bond acceptors (Lipinski definition) is 17. The number of aliphatic hydroxyl groups excluding tert-OH is 6. The van der Waals surface area contributed by atoms with Crippen molar-refractivity contribution in [3.8, 4) is 0 Å². The normalized spacial score (nSPS) is 30.6. The molecule has 17 nitrogen and oxygen atoms in total. The molecule has 26 heteroatoms. The Bertz CT molecular complexity index is 2350.